The molecule has 0 N–H and O–H groups in total. The minimum Gasteiger partial charge on any atom is -0.332 e. The first-order valence-electron chi connectivity index (χ1n) is 9.52. The fraction of sp³-hybridized carbons (Fsp3) is 0.0800. The van der Waals surface area contributed by atoms with Crippen molar-refractivity contribution in [3.05, 3.63) is 102 Å². The van der Waals surface area contributed by atoms with Crippen molar-refractivity contribution < 1.29 is 9.32 Å². The summed E-state index contributed by atoms with van der Waals surface area (Å²) in [6.07, 6.45) is 0. The fourth-order valence-electron chi connectivity index (χ4n) is 2.85. The lowest BCUT2D eigenvalue weighted by atomic mass is 10.1. The number of benzene rings is 3. The van der Waals surface area contributed by atoms with Crippen molar-refractivity contribution >= 4 is 11.9 Å². The molecule has 4 rings (SSSR count). The Morgan fingerprint density at radius 1 is 0.933 bits per heavy atom. The van der Waals surface area contributed by atoms with Crippen molar-refractivity contribution in [3.63, 3.8) is 0 Å². The second-order valence-corrected chi connectivity index (χ2v) is 6.76. The number of amides is 1. The van der Waals surface area contributed by atoms with Gasteiger partial charge < -0.3 is 4.52 Å². The zero-order valence-electron chi connectivity index (χ0n) is 16.4. The number of rotatable bonds is 4. The van der Waals surface area contributed by atoms with Crippen LogP contribution in [0, 0.1) is 18.8 Å². The molecule has 5 nitrogen and oxygen atoms in total. The maximum Gasteiger partial charge on any atom is 0.306 e. The van der Waals surface area contributed by atoms with Crippen LogP contribution in [0.5, 0.6) is 0 Å². The van der Waals surface area contributed by atoms with Crippen molar-refractivity contribution in [2.24, 2.45) is 0 Å². The molecule has 0 unspecified atom stereocenters. The lowest BCUT2D eigenvalue weighted by molar-refractivity contribution is -0.113. The van der Waals surface area contributed by atoms with E-state index in [1.165, 1.54) is 4.90 Å². The van der Waals surface area contributed by atoms with Crippen LogP contribution in [0.1, 0.15) is 16.7 Å². The second kappa shape index (κ2) is 8.89. The van der Waals surface area contributed by atoms with Gasteiger partial charge in [0, 0.05) is 17.0 Å². The molecule has 0 saturated heterocycles. The van der Waals surface area contributed by atoms with E-state index < -0.39 is 5.91 Å². The molecule has 30 heavy (non-hydrogen) atoms. The van der Waals surface area contributed by atoms with Gasteiger partial charge in [0.15, 0.2) is 0 Å². The molecule has 0 spiro atoms. The third-order valence-electron chi connectivity index (χ3n) is 4.47. The highest BCUT2D eigenvalue weighted by atomic mass is 16.5. The van der Waals surface area contributed by atoms with Crippen molar-refractivity contribution in [2.75, 3.05) is 4.90 Å². The monoisotopic (exact) mass is 393 g/mol. The highest BCUT2D eigenvalue weighted by Gasteiger charge is 2.21. The van der Waals surface area contributed by atoms with E-state index in [1.54, 1.807) is 0 Å². The number of carbonyl (C=O) groups excluding carboxylic acids is 1. The number of aryl methyl sites for hydroxylation is 1. The summed E-state index contributed by atoms with van der Waals surface area (Å²) in [7, 11) is 0. The SMILES string of the molecule is Cc1ccc(C#CC(=O)N(Cc2ccccc2)c2noc(-c3ccccc3)n2)cc1. The van der Waals surface area contributed by atoms with Gasteiger partial charge in [-0.2, -0.15) is 4.98 Å². The van der Waals surface area contributed by atoms with E-state index in [4.69, 9.17) is 4.52 Å². The van der Waals surface area contributed by atoms with E-state index >= 15 is 0 Å². The molecule has 4 aromatic rings. The third-order valence-corrected chi connectivity index (χ3v) is 4.47. The van der Waals surface area contributed by atoms with Crippen LogP contribution in [0.3, 0.4) is 0 Å². The summed E-state index contributed by atoms with van der Waals surface area (Å²) in [5, 5.41) is 4.03. The number of aromatic nitrogens is 2. The van der Waals surface area contributed by atoms with E-state index in [0.717, 1.165) is 22.3 Å². The van der Waals surface area contributed by atoms with Crippen LogP contribution in [-0.2, 0) is 11.3 Å². The van der Waals surface area contributed by atoms with Crippen molar-refractivity contribution in [1.29, 1.82) is 0 Å². The Morgan fingerprint density at radius 2 is 1.60 bits per heavy atom. The van der Waals surface area contributed by atoms with Gasteiger partial charge >= 0.3 is 5.91 Å². The molecule has 0 radical (unpaired) electrons. The van der Waals surface area contributed by atoms with Crippen molar-refractivity contribution in [2.45, 2.75) is 13.5 Å². The van der Waals surface area contributed by atoms with Gasteiger partial charge in [0.05, 0.1) is 6.54 Å². The molecule has 146 valence electrons. The van der Waals surface area contributed by atoms with Crippen LogP contribution >= 0.6 is 0 Å². The Labute approximate surface area is 175 Å². The number of carbonyl (C=O) groups is 1. The molecule has 0 aliphatic rings. The maximum atomic E-state index is 13.0. The zero-order chi connectivity index (χ0) is 20.8. The van der Waals surface area contributed by atoms with Gasteiger partial charge in [-0.1, -0.05) is 72.1 Å². The standard InChI is InChI=1S/C25H19N3O2/c1-19-12-14-20(15-13-19)16-17-23(29)28(18-21-8-4-2-5-9-21)25-26-24(30-27-25)22-10-6-3-7-11-22/h2-15H,18H2,1H3. The van der Waals surface area contributed by atoms with Gasteiger partial charge in [-0.25, -0.2) is 0 Å². The summed E-state index contributed by atoms with van der Waals surface area (Å²) < 4.78 is 5.39. The average molecular weight is 393 g/mol. The van der Waals surface area contributed by atoms with Gasteiger partial charge in [-0.3, -0.25) is 9.69 Å². The number of nitrogens with zero attached hydrogens (tertiary/aromatic N) is 3. The molecule has 0 saturated carbocycles. The fourth-order valence-corrected chi connectivity index (χ4v) is 2.85. The Bertz CT molecular complexity index is 1190. The van der Waals surface area contributed by atoms with Crippen molar-refractivity contribution in [3.8, 4) is 23.3 Å². The Kier molecular flexibility index (Phi) is 5.68. The van der Waals surface area contributed by atoms with Gasteiger partial charge in [0.1, 0.15) is 0 Å². The first-order valence-corrected chi connectivity index (χ1v) is 9.52. The van der Waals surface area contributed by atoms with Crippen LogP contribution in [0.15, 0.2) is 89.5 Å². The minimum absolute atomic E-state index is 0.181. The molecular weight excluding hydrogens is 374 g/mol. The lowest BCUT2D eigenvalue weighted by Crippen LogP contribution is -2.30. The first-order chi connectivity index (χ1) is 14.7. The molecular formula is C25H19N3O2. The summed E-state index contributed by atoms with van der Waals surface area (Å²) in [5.41, 5.74) is 3.63. The molecule has 3 aromatic carbocycles. The predicted molar refractivity (Wildman–Crippen MR) is 115 cm³/mol. The van der Waals surface area contributed by atoms with Gasteiger partial charge in [0.25, 0.3) is 11.8 Å². The third kappa shape index (κ3) is 4.62. The van der Waals surface area contributed by atoms with Crippen molar-refractivity contribution in [1.82, 2.24) is 10.1 Å². The largest absolute Gasteiger partial charge is 0.332 e. The van der Waals surface area contributed by atoms with Crippen LogP contribution < -0.4 is 4.90 Å². The normalized spacial score (nSPS) is 10.2. The van der Waals surface area contributed by atoms with E-state index in [-0.39, 0.29) is 12.5 Å². The summed E-state index contributed by atoms with van der Waals surface area (Å²) >= 11 is 0. The Hall–Kier alpha value is -4.17. The Balaban J connectivity index is 1.64. The number of hydrogen-bond donors (Lipinski definition) is 0. The zero-order valence-corrected chi connectivity index (χ0v) is 16.4. The highest BCUT2D eigenvalue weighted by Crippen LogP contribution is 2.21. The summed E-state index contributed by atoms with van der Waals surface area (Å²) in [6.45, 7) is 2.29. The highest BCUT2D eigenvalue weighted by molar-refractivity contribution is 6.05. The van der Waals surface area contributed by atoms with Crippen LogP contribution in [0.2, 0.25) is 0 Å². The Morgan fingerprint density at radius 3 is 2.30 bits per heavy atom. The molecule has 0 aliphatic carbocycles. The van der Waals surface area contributed by atoms with Gasteiger partial charge in [-0.05, 0) is 41.9 Å². The molecule has 0 fully saturated rings. The minimum atomic E-state index is -0.403. The summed E-state index contributed by atoms with van der Waals surface area (Å²) in [6, 6.07) is 26.8. The first kappa shape index (κ1) is 19.2. The molecule has 1 heterocycles. The smallest absolute Gasteiger partial charge is 0.306 e. The van der Waals surface area contributed by atoms with Gasteiger partial charge in [0.2, 0.25) is 0 Å². The van der Waals surface area contributed by atoms with E-state index in [1.807, 2.05) is 91.9 Å². The predicted octanol–water partition coefficient (Wildman–Crippen LogP) is 4.63. The van der Waals surface area contributed by atoms with E-state index in [2.05, 4.69) is 22.0 Å². The lowest BCUT2D eigenvalue weighted by Gasteiger charge is -2.15. The number of anilines is 1. The molecule has 0 atom stereocenters. The van der Waals surface area contributed by atoms with Gasteiger partial charge in [-0.15, -0.1) is 0 Å². The molecule has 5 heteroatoms. The van der Waals surface area contributed by atoms with Crippen LogP contribution in [0.25, 0.3) is 11.5 Å². The molecule has 0 bridgehead atoms. The van der Waals surface area contributed by atoms with Crippen LogP contribution in [0.4, 0.5) is 5.95 Å². The molecule has 0 aliphatic heterocycles. The van der Waals surface area contributed by atoms with E-state index in [0.29, 0.717) is 5.89 Å². The summed E-state index contributed by atoms with van der Waals surface area (Å²) in [5.74, 6) is 5.75. The second-order valence-electron chi connectivity index (χ2n) is 6.76. The topological polar surface area (TPSA) is 59.2 Å². The number of hydrogen-bond acceptors (Lipinski definition) is 4. The average Bonchev–Trinajstić information content (AvgIpc) is 3.28. The molecule has 1 aromatic heterocycles. The summed E-state index contributed by atoms with van der Waals surface area (Å²) in [4.78, 5) is 18.8. The maximum absolute atomic E-state index is 13.0. The molecule has 1 amide bonds. The quantitative estimate of drug-likeness (QED) is 0.474. The van der Waals surface area contributed by atoms with Crippen LogP contribution in [-0.4, -0.2) is 16.0 Å². The van der Waals surface area contributed by atoms with E-state index in [9.17, 15) is 4.79 Å².